The van der Waals surface area contributed by atoms with Gasteiger partial charge in [0, 0.05) is 12.6 Å². The van der Waals surface area contributed by atoms with Gasteiger partial charge < -0.3 is 11.9 Å². The minimum absolute atomic E-state index is 0. The molecule has 0 aliphatic carbocycles. The van der Waals surface area contributed by atoms with E-state index >= 15 is 0 Å². The third kappa shape index (κ3) is 3.84. The number of hydrogen-bond donors (Lipinski definition) is 2. The first-order chi connectivity index (χ1) is 7.77. The second-order valence-electron chi connectivity index (χ2n) is 3.52. The van der Waals surface area contributed by atoms with Gasteiger partial charge in [-0.15, -0.1) is 12.4 Å². The smallest absolute Gasteiger partial charge is 0.250 e. The van der Waals surface area contributed by atoms with Gasteiger partial charge in [-0.3, -0.25) is 9.78 Å². The van der Waals surface area contributed by atoms with E-state index in [1.807, 2.05) is 30.3 Å². The van der Waals surface area contributed by atoms with Gasteiger partial charge in [-0.25, -0.2) is 0 Å². The van der Waals surface area contributed by atoms with Crippen LogP contribution in [0.1, 0.15) is 21.6 Å². The van der Waals surface area contributed by atoms with Crippen LogP contribution in [0, 0.1) is 0 Å². The molecule has 0 aliphatic rings. The summed E-state index contributed by atoms with van der Waals surface area (Å²) in [6, 6.07) is 13.3. The Kier molecular flexibility index (Phi) is 6.63. The number of pyridine rings is 1. The van der Waals surface area contributed by atoms with Gasteiger partial charge in [-0.1, -0.05) is 30.3 Å². The molecule has 1 aromatic heterocycles. The number of nitrogens with two attached hydrogens (primary N) is 1. The number of halogens is 1. The van der Waals surface area contributed by atoms with Crippen molar-refractivity contribution in [1.82, 2.24) is 11.1 Å². The third-order valence-corrected chi connectivity index (χ3v) is 2.37. The van der Waals surface area contributed by atoms with E-state index in [0.717, 1.165) is 11.3 Å². The van der Waals surface area contributed by atoms with E-state index in [1.54, 1.807) is 18.3 Å². The number of rotatable bonds is 3. The molecule has 0 radical (unpaired) electrons. The maximum Gasteiger partial charge on any atom is 0.250 e. The lowest BCUT2D eigenvalue weighted by Gasteiger charge is -2.04. The second kappa shape index (κ2) is 7.42. The molecule has 0 aliphatic heterocycles. The van der Waals surface area contributed by atoms with Crippen LogP contribution >= 0.6 is 12.4 Å². The van der Waals surface area contributed by atoms with Gasteiger partial charge in [-0.2, -0.15) is 0 Å². The van der Waals surface area contributed by atoms with Gasteiger partial charge in [0.15, 0.2) is 0 Å². The predicted molar refractivity (Wildman–Crippen MR) is 74.3 cm³/mol. The van der Waals surface area contributed by atoms with E-state index in [2.05, 4.69) is 4.98 Å². The minimum Gasteiger partial charge on any atom is -0.366 e. The van der Waals surface area contributed by atoms with Crippen molar-refractivity contribution < 1.29 is 4.79 Å². The summed E-state index contributed by atoms with van der Waals surface area (Å²) in [7, 11) is 0. The van der Waals surface area contributed by atoms with E-state index in [1.165, 1.54) is 0 Å². The Hall–Kier alpha value is -1.91. The van der Waals surface area contributed by atoms with Crippen LogP contribution in [0.25, 0.3) is 0 Å². The van der Waals surface area contributed by atoms with E-state index in [9.17, 15) is 4.79 Å². The van der Waals surface area contributed by atoms with Crippen molar-refractivity contribution in [2.45, 2.75) is 6.42 Å². The van der Waals surface area contributed by atoms with Crippen molar-refractivity contribution >= 4 is 18.3 Å². The van der Waals surface area contributed by atoms with Crippen LogP contribution in [0.3, 0.4) is 0 Å². The van der Waals surface area contributed by atoms with E-state index in [4.69, 9.17) is 5.73 Å². The molecule has 18 heavy (non-hydrogen) atoms. The van der Waals surface area contributed by atoms with Crippen LogP contribution in [-0.4, -0.2) is 10.9 Å². The predicted octanol–water partition coefficient (Wildman–Crippen LogP) is 2.36. The molecule has 1 aromatic carbocycles. The van der Waals surface area contributed by atoms with Crippen LogP contribution < -0.4 is 11.9 Å². The fourth-order valence-electron chi connectivity index (χ4n) is 1.59. The molecule has 1 heterocycles. The highest BCUT2D eigenvalue weighted by atomic mass is 35.5. The molecule has 0 spiro atoms. The van der Waals surface area contributed by atoms with Crippen molar-refractivity contribution in [3.05, 3.63) is 65.5 Å². The molecule has 5 N–H and O–H groups in total. The molecule has 2 rings (SSSR count). The molecule has 4 nitrogen and oxygen atoms in total. The monoisotopic (exact) mass is 265 g/mol. The highest BCUT2D eigenvalue weighted by Gasteiger charge is 2.08. The maximum atomic E-state index is 11.2. The molecule has 2 aromatic rings. The topological polar surface area (TPSA) is 91.0 Å². The van der Waals surface area contributed by atoms with E-state index in [-0.39, 0.29) is 18.6 Å². The second-order valence-corrected chi connectivity index (χ2v) is 3.52. The van der Waals surface area contributed by atoms with Crippen LogP contribution in [0.5, 0.6) is 0 Å². The zero-order chi connectivity index (χ0) is 11.4. The van der Waals surface area contributed by atoms with Crippen LogP contribution in [0.15, 0.2) is 48.7 Å². The van der Waals surface area contributed by atoms with Crippen molar-refractivity contribution in [3.63, 3.8) is 0 Å². The molecule has 0 unspecified atom stereocenters. The maximum absolute atomic E-state index is 11.2. The lowest BCUT2D eigenvalue weighted by atomic mass is 10.1. The third-order valence-electron chi connectivity index (χ3n) is 2.37. The normalized spacial score (nSPS) is 8.89. The van der Waals surface area contributed by atoms with Gasteiger partial charge >= 0.3 is 0 Å². The first-order valence-electron chi connectivity index (χ1n) is 5.05. The molecule has 0 fully saturated rings. The summed E-state index contributed by atoms with van der Waals surface area (Å²) >= 11 is 0. The zero-order valence-corrected chi connectivity index (χ0v) is 10.7. The lowest BCUT2D eigenvalue weighted by molar-refractivity contribution is 0.0999. The minimum atomic E-state index is -0.431. The number of aromatic nitrogens is 1. The van der Waals surface area contributed by atoms with Crippen molar-refractivity contribution in [3.8, 4) is 0 Å². The highest BCUT2D eigenvalue weighted by molar-refractivity contribution is 5.93. The number of carbonyl (C=O) groups excluding carboxylic acids is 1. The Bertz CT molecular complexity index is 503. The SMILES string of the molecule is Cl.N.NC(=O)c1cccnc1Cc1ccccc1. The standard InChI is InChI=1S/C13H12N2O.ClH.H3N/c14-13(16)11-7-4-8-15-12(11)9-10-5-2-1-3-6-10;;/h1-8H,9H2,(H2,14,16);1H;1H3. The van der Waals surface area contributed by atoms with Crippen molar-refractivity contribution in [2.24, 2.45) is 5.73 Å². The van der Waals surface area contributed by atoms with E-state index < -0.39 is 5.91 Å². The summed E-state index contributed by atoms with van der Waals surface area (Å²) in [5.74, 6) is -0.431. The number of amides is 1. The largest absolute Gasteiger partial charge is 0.366 e. The van der Waals surface area contributed by atoms with Gasteiger partial charge in [0.1, 0.15) is 0 Å². The fraction of sp³-hybridized carbons (Fsp3) is 0.0769. The Balaban J connectivity index is 0.00000144. The molecule has 5 heteroatoms. The first kappa shape index (κ1) is 16.1. The fourth-order valence-corrected chi connectivity index (χ4v) is 1.59. The number of nitrogens with zero attached hydrogens (tertiary/aromatic N) is 1. The quantitative estimate of drug-likeness (QED) is 0.892. The summed E-state index contributed by atoms with van der Waals surface area (Å²) in [5.41, 5.74) is 7.62. The summed E-state index contributed by atoms with van der Waals surface area (Å²) in [5, 5.41) is 0. The Morgan fingerprint density at radius 2 is 1.78 bits per heavy atom. The van der Waals surface area contributed by atoms with Gasteiger partial charge in [0.05, 0.1) is 11.3 Å². The van der Waals surface area contributed by atoms with Gasteiger partial charge in [0.2, 0.25) is 0 Å². The van der Waals surface area contributed by atoms with E-state index in [0.29, 0.717) is 12.0 Å². The van der Waals surface area contributed by atoms with Gasteiger partial charge in [-0.05, 0) is 17.7 Å². The summed E-state index contributed by atoms with van der Waals surface area (Å²) in [6.45, 7) is 0. The first-order valence-corrected chi connectivity index (χ1v) is 5.05. The molecule has 0 saturated heterocycles. The van der Waals surface area contributed by atoms with Crippen LogP contribution in [0.4, 0.5) is 0 Å². The average Bonchev–Trinajstić information content (AvgIpc) is 2.31. The lowest BCUT2D eigenvalue weighted by Crippen LogP contribution is -2.14. The Morgan fingerprint density at radius 1 is 1.11 bits per heavy atom. The number of carbonyl (C=O) groups is 1. The highest BCUT2D eigenvalue weighted by Crippen LogP contribution is 2.11. The van der Waals surface area contributed by atoms with Crippen molar-refractivity contribution in [2.75, 3.05) is 0 Å². The molecule has 1 amide bonds. The average molecular weight is 266 g/mol. The molecular weight excluding hydrogens is 250 g/mol. The Morgan fingerprint density at radius 3 is 2.39 bits per heavy atom. The molecule has 0 saturated carbocycles. The summed E-state index contributed by atoms with van der Waals surface area (Å²) in [4.78, 5) is 15.4. The van der Waals surface area contributed by atoms with Crippen molar-refractivity contribution in [1.29, 1.82) is 0 Å². The Labute approximate surface area is 112 Å². The molecule has 96 valence electrons. The molecule has 0 atom stereocenters. The zero-order valence-electron chi connectivity index (χ0n) is 9.87. The number of primary amides is 1. The summed E-state index contributed by atoms with van der Waals surface area (Å²) < 4.78 is 0. The summed E-state index contributed by atoms with van der Waals surface area (Å²) in [6.07, 6.45) is 2.30. The molecular formula is C13H16ClN3O. The number of hydrogen-bond acceptors (Lipinski definition) is 3. The van der Waals surface area contributed by atoms with Crippen LogP contribution in [-0.2, 0) is 6.42 Å². The molecule has 0 bridgehead atoms. The van der Waals surface area contributed by atoms with Gasteiger partial charge in [0.25, 0.3) is 5.91 Å². The van der Waals surface area contributed by atoms with Crippen LogP contribution in [0.2, 0.25) is 0 Å². The number of benzene rings is 1.